The third-order valence-electron chi connectivity index (χ3n) is 3.06. The molecule has 6 heteroatoms. The molecular formula is C15H11BrClNO2S. The van der Waals surface area contributed by atoms with E-state index in [2.05, 4.69) is 15.9 Å². The van der Waals surface area contributed by atoms with Crippen molar-refractivity contribution in [3.63, 3.8) is 0 Å². The van der Waals surface area contributed by atoms with E-state index in [1.807, 2.05) is 12.1 Å². The number of rotatable bonds is 3. The molecular weight excluding hydrogens is 374 g/mol. The molecule has 3 aromatic rings. The standard InChI is InChI=1S/C15H11BrClNO2S/c1-18(8-11-3-5-14(16)21-11)15(19)13-7-9-6-10(17)2-4-12(9)20-13/h2-7H,8H2,1H3. The summed E-state index contributed by atoms with van der Waals surface area (Å²) in [5.41, 5.74) is 0.662. The zero-order valence-electron chi connectivity index (χ0n) is 11.1. The number of carbonyl (C=O) groups is 1. The lowest BCUT2D eigenvalue weighted by molar-refractivity contribution is 0.0757. The highest BCUT2D eigenvalue weighted by atomic mass is 79.9. The maximum atomic E-state index is 12.4. The predicted molar refractivity (Wildman–Crippen MR) is 89.0 cm³/mol. The number of fused-ring (bicyclic) bond motifs is 1. The topological polar surface area (TPSA) is 33.5 Å². The Hall–Kier alpha value is -1.30. The van der Waals surface area contributed by atoms with Crippen molar-refractivity contribution >= 4 is 55.7 Å². The minimum atomic E-state index is -0.146. The normalized spacial score (nSPS) is 11.0. The van der Waals surface area contributed by atoms with Gasteiger partial charge in [0.1, 0.15) is 5.58 Å². The van der Waals surface area contributed by atoms with E-state index in [9.17, 15) is 4.79 Å². The van der Waals surface area contributed by atoms with E-state index in [0.29, 0.717) is 22.9 Å². The minimum Gasteiger partial charge on any atom is -0.451 e. The van der Waals surface area contributed by atoms with E-state index in [-0.39, 0.29) is 5.91 Å². The largest absolute Gasteiger partial charge is 0.451 e. The first-order chi connectivity index (χ1) is 10.0. The van der Waals surface area contributed by atoms with Crippen LogP contribution in [0.15, 0.2) is 44.6 Å². The van der Waals surface area contributed by atoms with Gasteiger partial charge >= 0.3 is 0 Å². The molecule has 0 aliphatic rings. The third-order valence-corrected chi connectivity index (χ3v) is 4.90. The van der Waals surface area contributed by atoms with Gasteiger partial charge in [-0.1, -0.05) is 11.6 Å². The van der Waals surface area contributed by atoms with Gasteiger partial charge in [-0.15, -0.1) is 11.3 Å². The van der Waals surface area contributed by atoms with Gasteiger partial charge in [-0.05, 0) is 52.3 Å². The maximum Gasteiger partial charge on any atom is 0.289 e. The van der Waals surface area contributed by atoms with Gasteiger partial charge in [-0.2, -0.15) is 0 Å². The SMILES string of the molecule is CN(Cc1ccc(Br)s1)C(=O)c1cc2cc(Cl)ccc2o1. The Morgan fingerprint density at radius 2 is 2.14 bits per heavy atom. The zero-order chi connectivity index (χ0) is 15.0. The van der Waals surface area contributed by atoms with Gasteiger partial charge in [0, 0.05) is 22.3 Å². The molecule has 0 N–H and O–H groups in total. The Morgan fingerprint density at radius 3 is 2.86 bits per heavy atom. The molecule has 0 saturated carbocycles. The maximum absolute atomic E-state index is 12.4. The smallest absolute Gasteiger partial charge is 0.289 e. The van der Waals surface area contributed by atoms with Crippen molar-refractivity contribution in [2.45, 2.75) is 6.54 Å². The molecule has 2 aromatic heterocycles. The van der Waals surface area contributed by atoms with Crippen LogP contribution in [0.1, 0.15) is 15.4 Å². The lowest BCUT2D eigenvalue weighted by atomic mass is 10.2. The molecule has 21 heavy (non-hydrogen) atoms. The molecule has 0 fully saturated rings. The van der Waals surface area contributed by atoms with Crippen LogP contribution in [0.25, 0.3) is 11.0 Å². The van der Waals surface area contributed by atoms with Crippen molar-refractivity contribution in [3.05, 3.63) is 55.8 Å². The fourth-order valence-corrected chi connectivity index (χ4v) is 3.77. The average Bonchev–Trinajstić information content (AvgIpc) is 3.03. The summed E-state index contributed by atoms with van der Waals surface area (Å²) in [5.74, 6) is 0.178. The van der Waals surface area contributed by atoms with Crippen molar-refractivity contribution < 1.29 is 9.21 Å². The highest BCUT2D eigenvalue weighted by Gasteiger charge is 2.17. The van der Waals surface area contributed by atoms with Crippen LogP contribution in [0.3, 0.4) is 0 Å². The number of benzene rings is 1. The number of carbonyl (C=O) groups excluding carboxylic acids is 1. The molecule has 0 radical (unpaired) electrons. The Balaban J connectivity index is 1.82. The Morgan fingerprint density at radius 1 is 1.33 bits per heavy atom. The minimum absolute atomic E-state index is 0.146. The lowest BCUT2D eigenvalue weighted by Crippen LogP contribution is -2.25. The van der Waals surface area contributed by atoms with Gasteiger partial charge in [0.05, 0.1) is 10.3 Å². The van der Waals surface area contributed by atoms with Gasteiger partial charge in [0.25, 0.3) is 5.91 Å². The first kappa shape index (κ1) is 14.6. The molecule has 0 spiro atoms. The number of halogens is 2. The van der Waals surface area contributed by atoms with Crippen molar-refractivity contribution in [1.29, 1.82) is 0 Å². The molecule has 3 nitrogen and oxygen atoms in total. The number of thiophene rings is 1. The van der Waals surface area contributed by atoms with Crippen molar-refractivity contribution in [3.8, 4) is 0 Å². The first-order valence-electron chi connectivity index (χ1n) is 6.22. The number of furan rings is 1. The van der Waals surface area contributed by atoms with Crippen LogP contribution in [-0.4, -0.2) is 17.9 Å². The highest BCUT2D eigenvalue weighted by Crippen LogP contribution is 2.26. The molecule has 0 bridgehead atoms. The van der Waals surface area contributed by atoms with Gasteiger partial charge in [0.2, 0.25) is 0 Å². The Bertz CT molecular complexity index is 811. The highest BCUT2D eigenvalue weighted by molar-refractivity contribution is 9.11. The second-order valence-corrected chi connectivity index (χ2v) is 7.64. The van der Waals surface area contributed by atoms with E-state index < -0.39 is 0 Å². The van der Waals surface area contributed by atoms with Crippen LogP contribution in [-0.2, 0) is 6.54 Å². The Kier molecular flexibility index (Phi) is 4.06. The fourth-order valence-electron chi connectivity index (χ4n) is 2.05. The summed E-state index contributed by atoms with van der Waals surface area (Å²) >= 11 is 11.0. The molecule has 0 atom stereocenters. The van der Waals surface area contributed by atoms with Crippen LogP contribution in [0.5, 0.6) is 0 Å². The quantitative estimate of drug-likeness (QED) is 0.623. The van der Waals surface area contributed by atoms with Gasteiger partial charge in [-0.3, -0.25) is 4.79 Å². The summed E-state index contributed by atoms with van der Waals surface area (Å²) in [6.45, 7) is 0.549. The summed E-state index contributed by atoms with van der Waals surface area (Å²) < 4.78 is 6.65. The molecule has 1 amide bonds. The second-order valence-electron chi connectivity index (χ2n) is 4.66. The summed E-state index contributed by atoms with van der Waals surface area (Å²) in [5, 5.41) is 1.46. The summed E-state index contributed by atoms with van der Waals surface area (Å²) in [4.78, 5) is 15.1. The van der Waals surface area contributed by atoms with Crippen molar-refractivity contribution in [2.75, 3.05) is 7.05 Å². The Labute approximate surface area is 139 Å². The third kappa shape index (κ3) is 3.15. The summed E-state index contributed by atoms with van der Waals surface area (Å²) in [6.07, 6.45) is 0. The zero-order valence-corrected chi connectivity index (χ0v) is 14.3. The predicted octanol–water partition coefficient (Wildman–Crippen LogP) is 5.18. The average molecular weight is 385 g/mol. The number of hydrogen-bond acceptors (Lipinski definition) is 3. The summed E-state index contributed by atoms with van der Waals surface area (Å²) in [6, 6.07) is 11.0. The molecule has 0 saturated heterocycles. The van der Waals surface area contributed by atoms with E-state index in [1.54, 1.807) is 47.5 Å². The molecule has 1 aromatic carbocycles. The van der Waals surface area contributed by atoms with Gasteiger partial charge in [0.15, 0.2) is 5.76 Å². The van der Waals surface area contributed by atoms with Crippen LogP contribution >= 0.6 is 38.9 Å². The molecule has 0 aliphatic carbocycles. The molecule has 0 unspecified atom stereocenters. The second kappa shape index (κ2) is 5.83. The number of hydrogen-bond donors (Lipinski definition) is 0. The van der Waals surface area contributed by atoms with Crippen LogP contribution < -0.4 is 0 Å². The van der Waals surface area contributed by atoms with Crippen LogP contribution in [0, 0.1) is 0 Å². The van der Waals surface area contributed by atoms with E-state index in [4.69, 9.17) is 16.0 Å². The van der Waals surface area contributed by atoms with E-state index in [1.165, 1.54) is 0 Å². The molecule has 2 heterocycles. The van der Waals surface area contributed by atoms with E-state index in [0.717, 1.165) is 14.0 Å². The van der Waals surface area contributed by atoms with Crippen molar-refractivity contribution in [2.24, 2.45) is 0 Å². The number of amides is 1. The number of nitrogens with zero attached hydrogens (tertiary/aromatic N) is 1. The van der Waals surface area contributed by atoms with Gasteiger partial charge < -0.3 is 9.32 Å². The molecule has 0 aliphatic heterocycles. The molecule has 3 rings (SSSR count). The summed E-state index contributed by atoms with van der Waals surface area (Å²) in [7, 11) is 1.76. The monoisotopic (exact) mass is 383 g/mol. The van der Waals surface area contributed by atoms with Crippen LogP contribution in [0.2, 0.25) is 5.02 Å². The fraction of sp³-hybridized carbons (Fsp3) is 0.133. The van der Waals surface area contributed by atoms with E-state index >= 15 is 0 Å². The lowest BCUT2D eigenvalue weighted by Gasteiger charge is -2.14. The molecule has 108 valence electrons. The van der Waals surface area contributed by atoms with Gasteiger partial charge in [-0.25, -0.2) is 0 Å². The first-order valence-corrected chi connectivity index (χ1v) is 8.20. The van der Waals surface area contributed by atoms with Crippen LogP contribution in [0.4, 0.5) is 0 Å². The van der Waals surface area contributed by atoms with Crippen molar-refractivity contribution in [1.82, 2.24) is 4.90 Å².